The molecule has 0 heterocycles. The van der Waals surface area contributed by atoms with Crippen molar-refractivity contribution in [3.63, 3.8) is 0 Å². The maximum absolute atomic E-state index is 10.1. The highest BCUT2D eigenvalue weighted by atomic mass is 16.4. The van der Waals surface area contributed by atoms with Crippen molar-refractivity contribution in [2.24, 2.45) is 0 Å². The molecular weight excluding hydrogens is 232 g/mol. The van der Waals surface area contributed by atoms with E-state index in [0.717, 1.165) is 12.8 Å². The maximum atomic E-state index is 10.1. The number of unbranched alkanes of at least 4 members (excludes halogenated alkanes) is 7. The molecule has 0 unspecified atom stereocenters. The lowest BCUT2D eigenvalue weighted by atomic mass is 10.1. The van der Waals surface area contributed by atoms with Crippen LogP contribution in [0.2, 0.25) is 0 Å². The van der Waals surface area contributed by atoms with E-state index < -0.39 is 5.97 Å². The van der Waals surface area contributed by atoms with Crippen LogP contribution in [-0.2, 0) is 4.79 Å². The number of hydrogen-bond donors (Lipinski definition) is 2. The van der Waals surface area contributed by atoms with E-state index >= 15 is 0 Å². The number of carboxylic acid groups (broad SMARTS) is 1. The topological polar surface area (TPSA) is 136 Å². The van der Waals surface area contributed by atoms with Gasteiger partial charge in [0.25, 0.3) is 0 Å². The van der Waals surface area contributed by atoms with Gasteiger partial charge < -0.3 is 27.3 Å². The average Bonchev–Trinajstić information content (AvgIpc) is 2.23. The molecule has 0 aliphatic heterocycles. The van der Waals surface area contributed by atoms with Crippen LogP contribution in [-0.4, -0.2) is 12.6 Å². The molecule has 0 spiro atoms. The lowest BCUT2D eigenvalue weighted by Gasteiger charge is -2.02. The number of rotatable bonds is 9. The minimum absolute atomic E-state index is 0. The SMILES string of the molecule is CCCCCCCCCCC(=O)[O-].CC[O-].[NH4+].[NH4+]. The van der Waals surface area contributed by atoms with E-state index in [1.54, 1.807) is 6.92 Å². The van der Waals surface area contributed by atoms with Crippen LogP contribution >= 0.6 is 0 Å². The second-order valence-electron chi connectivity index (χ2n) is 3.89. The van der Waals surface area contributed by atoms with Gasteiger partial charge >= 0.3 is 0 Å². The molecule has 0 saturated heterocycles. The highest BCUT2D eigenvalue weighted by molar-refractivity contribution is 5.63. The van der Waals surface area contributed by atoms with Gasteiger partial charge in [-0.2, -0.15) is 0 Å². The van der Waals surface area contributed by atoms with Crippen LogP contribution < -0.4 is 22.5 Å². The van der Waals surface area contributed by atoms with Gasteiger partial charge in [0.1, 0.15) is 0 Å². The lowest BCUT2D eigenvalue weighted by Crippen LogP contribution is -2.21. The van der Waals surface area contributed by atoms with Crippen molar-refractivity contribution < 1.29 is 15.0 Å². The van der Waals surface area contributed by atoms with Crippen LogP contribution in [0.25, 0.3) is 0 Å². The number of carbonyl (C=O) groups is 1. The molecule has 18 heavy (non-hydrogen) atoms. The van der Waals surface area contributed by atoms with E-state index in [4.69, 9.17) is 5.11 Å². The van der Waals surface area contributed by atoms with Gasteiger partial charge in [-0.3, -0.25) is 0 Å². The summed E-state index contributed by atoms with van der Waals surface area (Å²) in [6.45, 7) is 3.78. The van der Waals surface area contributed by atoms with Crippen LogP contribution in [0, 0.1) is 0 Å². The zero-order chi connectivity index (χ0) is 12.6. The number of hydrogen-bond acceptors (Lipinski definition) is 3. The summed E-state index contributed by atoms with van der Waals surface area (Å²) in [5, 5.41) is 19.0. The molecule has 0 radical (unpaired) electrons. The third-order valence-electron chi connectivity index (χ3n) is 2.23. The predicted molar refractivity (Wildman–Crippen MR) is 74.7 cm³/mol. The molecule has 0 atom stereocenters. The summed E-state index contributed by atoms with van der Waals surface area (Å²) >= 11 is 0. The lowest BCUT2D eigenvalue weighted by molar-refractivity contribution is -0.361. The molecule has 0 aliphatic carbocycles. The van der Waals surface area contributed by atoms with E-state index in [0.29, 0.717) is 0 Å². The highest BCUT2D eigenvalue weighted by Crippen LogP contribution is 2.08. The standard InChI is InChI=1S/C11H22O2.C2H5O.2H3N/c1-2-3-4-5-6-7-8-9-10-11(12)13;1-2-3;;/h2-10H2,1H3,(H,12,13);2H2,1H3;2*1H3/q;-1;;/p+1. The fourth-order valence-corrected chi connectivity index (χ4v) is 1.40. The quantitative estimate of drug-likeness (QED) is 0.620. The Labute approximate surface area is 112 Å². The zero-order valence-electron chi connectivity index (χ0n) is 12.8. The Bertz CT molecular complexity index is 144. The van der Waals surface area contributed by atoms with Crippen molar-refractivity contribution in [1.29, 1.82) is 0 Å². The summed E-state index contributed by atoms with van der Waals surface area (Å²) in [5.74, 6) is -0.911. The molecular formula is C13H34N2O3. The first-order valence-corrected chi connectivity index (χ1v) is 6.46. The van der Waals surface area contributed by atoms with Crippen LogP contribution in [0.15, 0.2) is 0 Å². The van der Waals surface area contributed by atoms with Gasteiger partial charge in [0.15, 0.2) is 0 Å². The summed E-state index contributed by atoms with van der Waals surface area (Å²) < 4.78 is 0. The minimum atomic E-state index is -0.911. The first-order chi connectivity index (χ1) is 7.68. The molecule has 5 nitrogen and oxygen atoms in total. The Morgan fingerprint density at radius 1 is 0.833 bits per heavy atom. The largest absolute Gasteiger partial charge is 0.855 e. The van der Waals surface area contributed by atoms with Gasteiger partial charge in [-0.25, -0.2) is 0 Å². The van der Waals surface area contributed by atoms with E-state index in [1.165, 1.54) is 38.5 Å². The Morgan fingerprint density at radius 2 is 1.17 bits per heavy atom. The summed E-state index contributed by atoms with van der Waals surface area (Å²) in [6, 6.07) is 0. The fourth-order valence-electron chi connectivity index (χ4n) is 1.40. The van der Waals surface area contributed by atoms with E-state index in [1.807, 2.05) is 0 Å². The monoisotopic (exact) mass is 266 g/mol. The first-order valence-electron chi connectivity index (χ1n) is 6.46. The molecule has 0 saturated carbocycles. The Hall–Kier alpha value is -0.650. The molecule has 0 fully saturated rings. The summed E-state index contributed by atoms with van der Waals surface area (Å²) in [5.41, 5.74) is 0. The molecule has 0 aromatic heterocycles. The fraction of sp³-hybridized carbons (Fsp3) is 0.923. The third kappa shape index (κ3) is 36.2. The van der Waals surface area contributed by atoms with Crippen molar-refractivity contribution in [2.45, 2.75) is 71.6 Å². The first kappa shape index (κ1) is 26.0. The van der Waals surface area contributed by atoms with Gasteiger partial charge in [-0.05, 0) is 12.8 Å². The number of quaternary nitrogens is 2. The summed E-state index contributed by atoms with van der Waals surface area (Å²) in [6.07, 6.45) is 9.75. The zero-order valence-corrected chi connectivity index (χ0v) is 12.8. The Morgan fingerprint density at radius 3 is 1.50 bits per heavy atom. The number of carboxylic acids is 1. The predicted octanol–water partition coefficient (Wildman–Crippen LogP) is 2.39. The highest BCUT2D eigenvalue weighted by Gasteiger charge is 1.91. The molecule has 0 rings (SSSR count). The second kappa shape index (κ2) is 25.3. The molecule has 0 aliphatic rings. The van der Waals surface area contributed by atoms with Crippen molar-refractivity contribution >= 4 is 5.97 Å². The van der Waals surface area contributed by atoms with Gasteiger partial charge in [0.2, 0.25) is 0 Å². The molecule has 114 valence electrons. The molecule has 8 N–H and O–H groups in total. The van der Waals surface area contributed by atoms with Crippen LogP contribution in [0.5, 0.6) is 0 Å². The van der Waals surface area contributed by atoms with Crippen molar-refractivity contribution in [2.75, 3.05) is 6.61 Å². The van der Waals surface area contributed by atoms with Gasteiger partial charge in [0.05, 0.1) is 0 Å². The molecule has 5 heteroatoms. The smallest absolute Gasteiger partial charge is 0.0414 e. The van der Waals surface area contributed by atoms with Crippen molar-refractivity contribution in [3.8, 4) is 0 Å². The van der Waals surface area contributed by atoms with Crippen LogP contribution in [0.1, 0.15) is 71.6 Å². The van der Waals surface area contributed by atoms with Gasteiger partial charge in [0, 0.05) is 5.97 Å². The Balaban J connectivity index is -0.000000177. The van der Waals surface area contributed by atoms with E-state index in [9.17, 15) is 9.90 Å². The van der Waals surface area contributed by atoms with Crippen LogP contribution in [0.4, 0.5) is 0 Å². The molecule has 0 aromatic rings. The third-order valence-corrected chi connectivity index (χ3v) is 2.23. The number of aliphatic carboxylic acids is 1. The molecule has 0 aromatic carbocycles. The Kier molecular flexibility index (Phi) is 36.5. The van der Waals surface area contributed by atoms with Crippen molar-refractivity contribution in [3.05, 3.63) is 0 Å². The molecule has 0 bridgehead atoms. The minimum Gasteiger partial charge on any atom is -0.855 e. The molecule has 0 amide bonds. The second-order valence-corrected chi connectivity index (χ2v) is 3.89. The van der Waals surface area contributed by atoms with Crippen LogP contribution in [0.3, 0.4) is 0 Å². The normalized spacial score (nSPS) is 8.39. The summed E-state index contributed by atoms with van der Waals surface area (Å²) in [7, 11) is 0. The van der Waals surface area contributed by atoms with Crippen molar-refractivity contribution in [1.82, 2.24) is 12.3 Å². The maximum Gasteiger partial charge on any atom is 0.0414 e. The summed E-state index contributed by atoms with van der Waals surface area (Å²) in [4.78, 5) is 10.1. The van der Waals surface area contributed by atoms with Gasteiger partial charge in [-0.15, -0.1) is 6.61 Å². The van der Waals surface area contributed by atoms with E-state index in [2.05, 4.69) is 6.92 Å². The van der Waals surface area contributed by atoms with Gasteiger partial charge in [-0.1, -0.05) is 58.8 Å². The average molecular weight is 266 g/mol. The van der Waals surface area contributed by atoms with E-state index in [-0.39, 0.29) is 25.3 Å². The number of carbonyl (C=O) groups excluding carboxylic acids is 1.